The quantitative estimate of drug-likeness (QED) is 0.361. The Bertz CT molecular complexity index is 248. The zero-order chi connectivity index (χ0) is 10.2. The van der Waals surface area contributed by atoms with Crippen molar-refractivity contribution in [1.82, 2.24) is 9.78 Å². The van der Waals surface area contributed by atoms with Crippen molar-refractivity contribution < 1.29 is 28.5 Å². The van der Waals surface area contributed by atoms with Crippen LogP contribution in [-0.2, 0) is 13.6 Å². The third-order valence-electron chi connectivity index (χ3n) is 2.44. The molecule has 1 aromatic heterocycles. The van der Waals surface area contributed by atoms with Crippen molar-refractivity contribution in [2.75, 3.05) is 0 Å². The second-order valence-electron chi connectivity index (χ2n) is 3.94. The van der Waals surface area contributed by atoms with Gasteiger partial charge < -0.3 is 24.0 Å². The van der Waals surface area contributed by atoms with Gasteiger partial charge >= 0.3 is 0 Å². The van der Waals surface area contributed by atoms with Crippen molar-refractivity contribution in [3.8, 4) is 0 Å². The van der Waals surface area contributed by atoms with Gasteiger partial charge in [0.15, 0.2) is 0 Å². The van der Waals surface area contributed by atoms with Gasteiger partial charge in [-0.1, -0.05) is 39.0 Å². The van der Waals surface area contributed by atoms with Crippen molar-refractivity contribution in [1.29, 1.82) is 0 Å². The predicted octanol–water partition coefficient (Wildman–Crippen LogP) is -0.928. The van der Waals surface area contributed by atoms with E-state index in [1.807, 2.05) is 29.0 Å². The van der Waals surface area contributed by atoms with Crippen LogP contribution in [0.2, 0.25) is 0 Å². The van der Waals surface area contributed by atoms with Crippen LogP contribution in [0.15, 0.2) is 12.7 Å². The lowest BCUT2D eigenvalue weighted by Crippen LogP contribution is -3.00. The summed E-state index contributed by atoms with van der Waals surface area (Å²) in [6.45, 7) is 3.32. The summed E-state index contributed by atoms with van der Waals surface area (Å²) >= 11 is 0. The van der Waals surface area contributed by atoms with Crippen LogP contribution in [0, 0.1) is 0 Å². The number of hydrogen-bond acceptors (Lipinski definition) is 1. The molecule has 0 aromatic carbocycles. The lowest BCUT2D eigenvalue weighted by atomic mass is 10.1. The minimum absolute atomic E-state index is 0. The van der Waals surface area contributed by atoms with Gasteiger partial charge in [0.2, 0.25) is 6.33 Å². The van der Waals surface area contributed by atoms with E-state index in [0.29, 0.717) is 0 Å². The van der Waals surface area contributed by atoms with E-state index in [0.717, 1.165) is 6.54 Å². The van der Waals surface area contributed by atoms with Gasteiger partial charge in [-0.2, -0.15) is 0 Å². The highest BCUT2D eigenvalue weighted by Crippen LogP contribution is 2.05. The molecule has 0 saturated carbocycles. The Morgan fingerprint density at radius 3 is 2.40 bits per heavy atom. The van der Waals surface area contributed by atoms with Gasteiger partial charge in [0.1, 0.15) is 6.54 Å². The van der Waals surface area contributed by atoms with Crippen molar-refractivity contribution in [2.24, 2.45) is 7.05 Å². The summed E-state index contributed by atoms with van der Waals surface area (Å²) in [5.41, 5.74) is 0. The fourth-order valence-electron chi connectivity index (χ4n) is 1.59. The van der Waals surface area contributed by atoms with Gasteiger partial charge in [0, 0.05) is 5.10 Å². The number of halogens is 1. The standard InChI is InChI=1S/C11H22N3.HI/c1-3-4-5-6-7-8-9-14-11-13(2)10-12-14;/h10-11H,3-9H2,1-2H3;1H/q+1;/p-1. The number of hydrogen-bond donors (Lipinski definition) is 0. The maximum absolute atomic E-state index is 4.23. The predicted molar refractivity (Wildman–Crippen MR) is 56.8 cm³/mol. The monoisotopic (exact) mass is 323 g/mol. The number of unbranched alkanes of at least 4 members (excludes halogenated alkanes) is 5. The molecule has 3 nitrogen and oxygen atoms in total. The molecule has 0 unspecified atom stereocenters. The van der Waals surface area contributed by atoms with Crippen molar-refractivity contribution >= 4 is 0 Å². The summed E-state index contributed by atoms with van der Waals surface area (Å²) in [6.07, 6.45) is 12.0. The van der Waals surface area contributed by atoms with E-state index in [2.05, 4.69) is 12.0 Å². The van der Waals surface area contributed by atoms with Crippen molar-refractivity contribution in [2.45, 2.75) is 52.0 Å². The number of rotatable bonds is 7. The third kappa shape index (κ3) is 6.87. The summed E-state index contributed by atoms with van der Waals surface area (Å²) in [5, 5.41) is 4.23. The number of aryl methyl sites for hydroxylation is 2. The molecule has 4 heteroatoms. The number of aromatic nitrogens is 3. The lowest BCUT2D eigenvalue weighted by Gasteiger charge is -1.97. The van der Waals surface area contributed by atoms with Crippen molar-refractivity contribution in [3.63, 3.8) is 0 Å². The first-order chi connectivity index (χ1) is 6.83. The van der Waals surface area contributed by atoms with E-state index in [4.69, 9.17) is 0 Å². The fourth-order valence-corrected chi connectivity index (χ4v) is 1.59. The average molecular weight is 323 g/mol. The molecule has 1 heterocycles. The first-order valence-electron chi connectivity index (χ1n) is 5.70. The average Bonchev–Trinajstić information content (AvgIpc) is 2.58. The molecule has 0 radical (unpaired) electrons. The molecule has 15 heavy (non-hydrogen) atoms. The van der Waals surface area contributed by atoms with Crippen LogP contribution in [0.5, 0.6) is 0 Å². The smallest absolute Gasteiger partial charge is 0.264 e. The zero-order valence-corrected chi connectivity index (χ0v) is 12.0. The Morgan fingerprint density at radius 1 is 1.13 bits per heavy atom. The minimum Gasteiger partial charge on any atom is -1.00 e. The second kappa shape index (κ2) is 9.12. The molecule has 88 valence electrons. The molecule has 0 amide bonds. The molecule has 0 aliphatic carbocycles. The van der Waals surface area contributed by atoms with E-state index in [1.54, 1.807) is 0 Å². The van der Waals surface area contributed by atoms with E-state index in [9.17, 15) is 0 Å². The molecule has 0 N–H and O–H groups in total. The Balaban J connectivity index is 0.00000196. The highest BCUT2D eigenvalue weighted by atomic mass is 127. The Kier molecular flexibility index (Phi) is 9.04. The molecule has 0 fully saturated rings. The Morgan fingerprint density at radius 2 is 1.80 bits per heavy atom. The second-order valence-corrected chi connectivity index (χ2v) is 3.94. The third-order valence-corrected chi connectivity index (χ3v) is 2.44. The van der Waals surface area contributed by atoms with Crippen LogP contribution in [0.3, 0.4) is 0 Å². The first-order valence-corrected chi connectivity index (χ1v) is 5.70. The minimum atomic E-state index is 0. The SMILES string of the molecule is CCCCCCCCn1c[n+](C)cn1.[I-]. The summed E-state index contributed by atoms with van der Waals surface area (Å²) in [4.78, 5) is 0. The van der Waals surface area contributed by atoms with E-state index < -0.39 is 0 Å². The topological polar surface area (TPSA) is 21.7 Å². The molecule has 0 saturated heterocycles. The molecule has 0 aliphatic rings. The highest BCUT2D eigenvalue weighted by Gasteiger charge is 2.00. The summed E-state index contributed by atoms with van der Waals surface area (Å²) in [5.74, 6) is 0. The first kappa shape index (κ1) is 14.9. The molecular weight excluding hydrogens is 301 g/mol. The highest BCUT2D eigenvalue weighted by molar-refractivity contribution is 4.48. The van der Waals surface area contributed by atoms with E-state index in [-0.39, 0.29) is 24.0 Å². The molecule has 1 aromatic rings. The molecule has 1 rings (SSSR count). The van der Waals surface area contributed by atoms with Crippen molar-refractivity contribution in [3.05, 3.63) is 12.7 Å². The van der Waals surface area contributed by atoms with Crippen LogP contribution in [0.25, 0.3) is 0 Å². The van der Waals surface area contributed by atoms with Gasteiger partial charge in [-0.25, -0.2) is 4.57 Å². The van der Waals surface area contributed by atoms with Gasteiger partial charge in [0.25, 0.3) is 6.33 Å². The molecule has 0 bridgehead atoms. The van der Waals surface area contributed by atoms with Gasteiger partial charge in [-0.3, -0.25) is 0 Å². The maximum Gasteiger partial charge on any atom is 0.264 e. The number of nitrogens with zero attached hydrogens (tertiary/aromatic N) is 3. The molecule has 0 atom stereocenters. The molecule has 0 aliphatic heterocycles. The van der Waals surface area contributed by atoms with Crippen LogP contribution in [-0.4, -0.2) is 9.78 Å². The Hall–Kier alpha value is -0.130. The van der Waals surface area contributed by atoms with Gasteiger partial charge in [-0.05, 0) is 6.42 Å². The van der Waals surface area contributed by atoms with E-state index in [1.165, 1.54) is 38.5 Å². The summed E-state index contributed by atoms with van der Waals surface area (Å²) in [7, 11) is 2.00. The van der Waals surface area contributed by atoms with Gasteiger partial charge in [-0.15, -0.1) is 4.68 Å². The van der Waals surface area contributed by atoms with Crippen LogP contribution < -0.4 is 28.5 Å². The normalized spacial score (nSPS) is 10.0. The summed E-state index contributed by atoms with van der Waals surface area (Å²) < 4.78 is 4.00. The lowest BCUT2D eigenvalue weighted by molar-refractivity contribution is -0.672. The Labute approximate surface area is 110 Å². The van der Waals surface area contributed by atoms with Crippen LogP contribution in [0.4, 0.5) is 0 Å². The van der Waals surface area contributed by atoms with Crippen LogP contribution in [0.1, 0.15) is 45.4 Å². The molecule has 0 spiro atoms. The summed E-state index contributed by atoms with van der Waals surface area (Å²) in [6, 6.07) is 0. The zero-order valence-electron chi connectivity index (χ0n) is 9.82. The molecular formula is C11H22IN3. The fraction of sp³-hybridized carbons (Fsp3) is 0.818. The van der Waals surface area contributed by atoms with Gasteiger partial charge in [0.05, 0.1) is 7.05 Å². The van der Waals surface area contributed by atoms with Crippen LogP contribution >= 0.6 is 0 Å². The van der Waals surface area contributed by atoms with E-state index >= 15 is 0 Å². The maximum atomic E-state index is 4.23. The largest absolute Gasteiger partial charge is 1.00 e.